The molecule has 0 radical (unpaired) electrons. The van der Waals surface area contributed by atoms with E-state index in [1.54, 1.807) is 0 Å². The van der Waals surface area contributed by atoms with Gasteiger partial charge in [-0.1, -0.05) is 0 Å². The number of halogens is 2. The van der Waals surface area contributed by atoms with Crippen LogP contribution in [0.25, 0.3) is 0 Å². The SMILES string of the molecule is COc1ccc(F)cc1[C@@H](N)CCF. The molecule has 1 atom stereocenters. The van der Waals surface area contributed by atoms with Gasteiger partial charge in [0.25, 0.3) is 0 Å². The van der Waals surface area contributed by atoms with Gasteiger partial charge in [-0.05, 0) is 24.6 Å². The van der Waals surface area contributed by atoms with E-state index in [2.05, 4.69) is 0 Å². The van der Waals surface area contributed by atoms with E-state index in [1.807, 2.05) is 0 Å². The minimum Gasteiger partial charge on any atom is -0.496 e. The number of hydrogen-bond donors (Lipinski definition) is 1. The van der Waals surface area contributed by atoms with Crippen LogP contribution in [-0.2, 0) is 0 Å². The van der Waals surface area contributed by atoms with Crippen LogP contribution in [0.3, 0.4) is 0 Å². The van der Waals surface area contributed by atoms with Gasteiger partial charge >= 0.3 is 0 Å². The van der Waals surface area contributed by atoms with E-state index in [1.165, 1.54) is 25.3 Å². The lowest BCUT2D eigenvalue weighted by Gasteiger charge is -2.14. The summed E-state index contributed by atoms with van der Waals surface area (Å²) in [7, 11) is 1.47. The normalized spacial score (nSPS) is 12.6. The molecule has 0 aliphatic heterocycles. The highest BCUT2D eigenvalue weighted by Gasteiger charge is 2.12. The van der Waals surface area contributed by atoms with Crippen molar-refractivity contribution < 1.29 is 13.5 Å². The highest BCUT2D eigenvalue weighted by Crippen LogP contribution is 2.26. The molecule has 1 aromatic carbocycles. The summed E-state index contributed by atoms with van der Waals surface area (Å²) >= 11 is 0. The number of hydrogen-bond acceptors (Lipinski definition) is 2. The number of benzene rings is 1. The number of methoxy groups -OCH3 is 1. The number of nitrogens with two attached hydrogens (primary N) is 1. The van der Waals surface area contributed by atoms with Gasteiger partial charge in [-0.25, -0.2) is 4.39 Å². The van der Waals surface area contributed by atoms with Crippen molar-refractivity contribution >= 4 is 0 Å². The number of ether oxygens (including phenoxy) is 1. The minimum absolute atomic E-state index is 0.166. The maximum Gasteiger partial charge on any atom is 0.123 e. The predicted molar refractivity (Wildman–Crippen MR) is 50.5 cm³/mol. The van der Waals surface area contributed by atoms with Gasteiger partial charge in [-0.2, -0.15) is 0 Å². The fourth-order valence-corrected chi connectivity index (χ4v) is 1.27. The van der Waals surface area contributed by atoms with E-state index in [0.29, 0.717) is 11.3 Å². The van der Waals surface area contributed by atoms with Crippen LogP contribution in [0.4, 0.5) is 8.78 Å². The Balaban J connectivity index is 2.97. The highest BCUT2D eigenvalue weighted by molar-refractivity contribution is 5.36. The van der Waals surface area contributed by atoms with Crippen LogP contribution in [0, 0.1) is 5.82 Å². The molecule has 0 amide bonds. The predicted octanol–water partition coefficient (Wildman–Crippen LogP) is 2.19. The minimum atomic E-state index is -0.527. The third-order valence-electron chi connectivity index (χ3n) is 2.01. The van der Waals surface area contributed by atoms with Gasteiger partial charge in [0.05, 0.1) is 13.8 Å². The third kappa shape index (κ3) is 2.42. The monoisotopic (exact) mass is 201 g/mol. The van der Waals surface area contributed by atoms with Crippen LogP contribution in [0.5, 0.6) is 5.75 Å². The van der Waals surface area contributed by atoms with Gasteiger partial charge in [-0.3, -0.25) is 4.39 Å². The van der Waals surface area contributed by atoms with Gasteiger partial charge in [0, 0.05) is 11.6 Å². The molecule has 0 saturated carbocycles. The molecule has 0 aromatic heterocycles. The molecule has 0 saturated heterocycles. The van der Waals surface area contributed by atoms with Crippen molar-refractivity contribution in [2.75, 3.05) is 13.8 Å². The number of alkyl halides is 1. The Kier molecular flexibility index (Phi) is 3.83. The quantitative estimate of drug-likeness (QED) is 0.810. The molecule has 0 heterocycles. The summed E-state index contributed by atoms with van der Waals surface area (Å²) in [6.07, 6.45) is 0.166. The van der Waals surface area contributed by atoms with Gasteiger partial charge in [0.15, 0.2) is 0 Å². The maximum atomic E-state index is 12.9. The Bertz CT molecular complexity index is 304. The summed E-state index contributed by atoms with van der Waals surface area (Å²) in [4.78, 5) is 0. The Labute approximate surface area is 81.7 Å². The molecule has 0 aliphatic rings. The maximum absolute atomic E-state index is 12.9. The van der Waals surface area contributed by atoms with Crippen LogP contribution in [0.2, 0.25) is 0 Å². The lowest BCUT2D eigenvalue weighted by Crippen LogP contribution is -2.12. The van der Waals surface area contributed by atoms with Crippen molar-refractivity contribution in [1.29, 1.82) is 0 Å². The van der Waals surface area contributed by atoms with Crippen molar-refractivity contribution in [2.24, 2.45) is 5.73 Å². The Hall–Kier alpha value is -1.16. The van der Waals surface area contributed by atoms with Gasteiger partial charge in [0.2, 0.25) is 0 Å². The molecule has 0 aliphatic carbocycles. The topological polar surface area (TPSA) is 35.2 Å². The first-order chi connectivity index (χ1) is 6.69. The summed E-state index contributed by atoms with van der Waals surface area (Å²) < 4.78 is 29.9. The standard InChI is InChI=1S/C10H13F2NO/c1-14-10-3-2-7(12)6-8(10)9(13)4-5-11/h2-3,6,9H,4-5,13H2,1H3/t9-/m0/s1. The van der Waals surface area contributed by atoms with E-state index in [9.17, 15) is 8.78 Å². The van der Waals surface area contributed by atoms with E-state index in [-0.39, 0.29) is 6.42 Å². The van der Waals surface area contributed by atoms with Crippen LogP contribution >= 0.6 is 0 Å². The molecule has 2 N–H and O–H groups in total. The Morgan fingerprint density at radius 2 is 2.21 bits per heavy atom. The summed E-state index contributed by atoms with van der Waals surface area (Å²) in [6.45, 7) is -0.527. The third-order valence-corrected chi connectivity index (χ3v) is 2.01. The summed E-state index contributed by atoms with van der Waals surface area (Å²) in [5, 5.41) is 0. The van der Waals surface area contributed by atoms with Crippen molar-refractivity contribution in [3.8, 4) is 5.75 Å². The van der Waals surface area contributed by atoms with E-state index in [0.717, 1.165) is 0 Å². The summed E-state index contributed by atoms with van der Waals surface area (Å²) in [6, 6.07) is 3.53. The molecule has 1 rings (SSSR count). The zero-order chi connectivity index (χ0) is 10.6. The second-order valence-corrected chi connectivity index (χ2v) is 2.97. The van der Waals surface area contributed by atoms with Gasteiger partial charge in [0.1, 0.15) is 11.6 Å². The van der Waals surface area contributed by atoms with Crippen LogP contribution in [0.15, 0.2) is 18.2 Å². The molecule has 0 fully saturated rings. The van der Waals surface area contributed by atoms with Gasteiger partial charge < -0.3 is 10.5 Å². The average Bonchev–Trinajstić information content (AvgIpc) is 2.18. The second-order valence-electron chi connectivity index (χ2n) is 2.97. The van der Waals surface area contributed by atoms with Crippen molar-refractivity contribution in [3.63, 3.8) is 0 Å². The molecule has 78 valence electrons. The zero-order valence-corrected chi connectivity index (χ0v) is 7.97. The molecule has 14 heavy (non-hydrogen) atoms. The Morgan fingerprint density at radius 1 is 1.50 bits per heavy atom. The van der Waals surface area contributed by atoms with Crippen LogP contribution in [-0.4, -0.2) is 13.8 Å². The first-order valence-corrected chi connectivity index (χ1v) is 4.34. The summed E-state index contributed by atoms with van der Waals surface area (Å²) in [5.74, 6) is 0.0995. The fraction of sp³-hybridized carbons (Fsp3) is 0.400. The highest BCUT2D eigenvalue weighted by atomic mass is 19.1. The van der Waals surface area contributed by atoms with Crippen molar-refractivity contribution in [3.05, 3.63) is 29.6 Å². The molecular formula is C10H13F2NO. The molecule has 1 aromatic rings. The second kappa shape index (κ2) is 4.91. The first-order valence-electron chi connectivity index (χ1n) is 4.34. The van der Waals surface area contributed by atoms with E-state index in [4.69, 9.17) is 10.5 Å². The van der Waals surface area contributed by atoms with Crippen LogP contribution in [0.1, 0.15) is 18.0 Å². The lowest BCUT2D eigenvalue weighted by atomic mass is 10.0. The first kappa shape index (κ1) is 10.9. The molecule has 2 nitrogen and oxygen atoms in total. The average molecular weight is 201 g/mol. The fourth-order valence-electron chi connectivity index (χ4n) is 1.27. The molecular weight excluding hydrogens is 188 g/mol. The largest absolute Gasteiger partial charge is 0.496 e. The Morgan fingerprint density at radius 3 is 2.79 bits per heavy atom. The van der Waals surface area contributed by atoms with Gasteiger partial charge in [-0.15, -0.1) is 0 Å². The van der Waals surface area contributed by atoms with Crippen LogP contribution < -0.4 is 10.5 Å². The number of rotatable bonds is 4. The lowest BCUT2D eigenvalue weighted by molar-refractivity contribution is 0.393. The molecule has 0 unspecified atom stereocenters. The van der Waals surface area contributed by atoms with E-state index < -0.39 is 18.5 Å². The van der Waals surface area contributed by atoms with Crippen molar-refractivity contribution in [1.82, 2.24) is 0 Å². The zero-order valence-electron chi connectivity index (χ0n) is 7.97. The van der Waals surface area contributed by atoms with E-state index >= 15 is 0 Å². The smallest absolute Gasteiger partial charge is 0.123 e. The van der Waals surface area contributed by atoms with Crippen molar-refractivity contribution in [2.45, 2.75) is 12.5 Å². The molecule has 4 heteroatoms. The molecule has 0 bridgehead atoms. The summed E-state index contributed by atoms with van der Waals surface area (Å²) in [5.41, 5.74) is 6.17. The molecule has 0 spiro atoms.